The van der Waals surface area contributed by atoms with Gasteiger partial charge in [-0.25, -0.2) is 0 Å². The van der Waals surface area contributed by atoms with Crippen LogP contribution in [0.4, 0.5) is 0 Å². The van der Waals surface area contributed by atoms with Crippen LogP contribution in [0.3, 0.4) is 0 Å². The Morgan fingerprint density at radius 3 is 2.12 bits per heavy atom. The molecule has 0 heterocycles. The summed E-state index contributed by atoms with van der Waals surface area (Å²) in [5, 5.41) is 0. The molecule has 2 aromatic rings. The molecule has 3 rings (SSSR count). The molecule has 0 aliphatic heterocycles. The first-order chi connectivity index (χ1) is 11.5. The van der Waals surface area contributed by atoms with Crippen molar-refractivity contribution in [1.82, 2.24) is 0 Å². The molecule has 5 heteroatoms. The molecule has 3 nitrogen and oxygen atoms in total. The molecule has 0 fully saturated rings. The van der Waals surface area contributed by atoms with Crippen molar-refractivity contribution in [3.05, 3.63) is 56.5 Å². The van der Waals surface area contributed by atoms with Crippen molar-refractivity contribution in [2.45, 2.75) is 32.5 Å². The van der Waals surface area contributed by atoms with E-state index >= 15 is 0 Å². The smallest absolute Gasteiger partial charge is 0.309 e. The van der Waals surface area contributed by atoms with Gasteiger partial charge in [-0.2, -0.15) is 0 Å². The van der Waals surface area contributed by atoms with Crippen molar-refractivity contribution in [2.24, 2.45) is 0 Å². The Morgan fingerprint density at radius 2 is 1.62 bits per heavy atom. The van der Waals surface area contributed by atoms with E-state index in [1.807, 2.05) is 19.1 Å². The molecule has 24 heavy (non-hydrogen) atoms. The van der Waals surface area contributed by atoms with E-state index in [0.717, 1.165) is 20.1 Å². The first-order valence-electron chi connectivity index (χ1n) is 7.90. The highest BCUT2D eigenvalue weighted by Crippen LogP contribution is 2.48. The number of esters is 1. The van der Waals surface area contributed by atoms with Gasteiger partial charge < -0.3 is 9.47 Å². The minimum Gasteiger partial charge on any atom is -0.436 e. The number of hydrogen-bond donors (Lipinski definition) is 0. The van der Waals surface area contributed by atoms with Gasteiger partial charge in [-0.15, -0.1) is 0 Å². The predicted molar refractivity (Wildman–Crippen MR) is 101 cm³/mol. The molecule has 0 spiro atoms. The average molecular weight is 454 g/mol. The van der Waals surface area contributed by atoms with Crippen LogP contribution in [0.2, 0.25) is 0 Å². The van der Waals surface area contributed by atoms with Crippen LogP contribution in [-0.4, -0.2) is 18.9 Å². The van der Waals surface area contributed by atoms with Gasteiger partial charge in [0.05, 0.1) is 6.42 Å². The highest BCUT2D eigenvalue weighted by molar-refractivity contribution is 9.10. The number of hydrogen-bond acceptors (Lipinski definition) is 3. The van der Waals surface area contributed by atoms with Gasteiger partial charge in [0.15, 0.2) is 6.29 Å². The van der Waals surface area contributed by atoms with Crippen LogP contribution in [0.25, 0.3) is 11.1 Å². The fourth-order valence-electron chi connectivity index (χ4n) is 3.19. The number of ether oxygens (including phenoxy) is 2. The lowest BCUT2D eigenvalue weighted by molar-refractivity contribution is -0.174. The third kappa shape index (κ3) is 3.58. The monoisotopic (exact) mass is 452 g/mol. The topological polar surface area (TPSA) is 35.5 Å². The van der Waals surface area contributed by atoms with Crippen LogP contribution >= 0.6 is 31.9 Å². The third-order valence-corrected chi connectivity index (χ3v) is 5.12. The molecule has 1 aliphatic rings. The predicted octanol–water partition coefficient (Wildman–Crippen LogP) is 5.64. The Labute approximate surface area is 158 Å². The third-order valence-electron chi connectivity index (χ3n) is 4.14. The van der Waals surface area contributed by atoms with Gasteiger partial charge in [-0.3, -0.25) is 4.79 Å². The molecule has 2 aromatic carbocycles. The zero-order chi connectivity index (χ0) is 17.3. The summed E-state index contributed by atoms with van der Waals surface area (Å²) in [5.74, 6) is -0.258. The molecule has 0 radical (unpaired) electrons. The number of carbonyl (C=O) groups is 1. The van der Waals surface area contributed by atoms with Gasteiger partial charge in [0, 0.05) is 21.5 Å². The highest BCUT2D eigenvalue weighted by atomic mass is 79.9. The van der Waals surface area contributed by atoms with Gasteiger partial charge in [-0.1, -0.05) is 44.0 Å². The highest BCUT2D eigenvalue weighted by Gasteiger charge is 2.31. The van der Waals surface area contributed by atoms with Crippen molar-refractivity contribution in [3.8, 4) is 11.1 Å². The maximum atomic E-state index is 12.3. The fourth-order valence-corrected chi connectivity index (χ4v) is 3.95. The zero-order valence-electron chi connectivity index (χ0n) is 13.5. The van der Waals surface area contributed by atoms with Crippen molar-refractivity contribution >= 4 is 37.8 Å². The molecule has 1 unspecified atom stereocenters. The molecular weight excluding hydrogens is 436 g/mol. The molecule has 0 saturated heterocycles. The normalized spacial score (nSPS) is 14.2. The molecule has 0 aromatic heterocycles. The average Bonchev–Trinajstić information content (AvgIpc) is 2.80. The second-order valence-corrected chi connectivity index (χ2v) is 7.56. The van der Waals surface area contributed by atoms with E-state index < -0.39 is 6.29 Å². The summed E-state index contributed by atoms with van der Waals surface area (Å²) >= 11 is 7.07. The first-order valence-corrected chi connectivity index (χ1v) is 9.48. The summed E-state index contributed by atoms with van der Waals surface area (Å²) in [6.07, 6.45) is -0.225. The number of fused-ring (bicyclic) bond motifs is 3. The molecule has 0 amide bonds. The van der Waals surface area contributed by atoms with E-state index in [2.05, 4.69) is 56.1 Å². The number of benzene rings is 2. The Balaban J connectivity index is 1.91. The van der Waals surface area contributed by atoms with Crippen LogP contribution in [-0.2, 0) is 14.3 Å². The minimum atomic E-state index is -0.520. The summed E-state index contributed by atoms with van der Waals surface area (Å²) in [6, 6.07) is 12.4. The van der Waals surface area contributed by atoms with Crippen LogP contribution in [0.15, 0.2) is 45.3 Å². The summed E-state index contributed by atoms with van der Waals surface area (Å²) in [7, 11) is 0. The number of halogens is 2. The quantitative estimate of drug-likeness (QED) is 0.434. The summed E-state index contributed by atoms with van der Waals surface area (Å²) < 4.78 is 12.7. The molecule has 126 valence electrons. The molecule has 0 N–H and O–H groups in total. The van der Waals surface area contributed by atoms with E-state index in [1.165, 1.54) is 11.1 Å². The lowest BCUT2D eigenvalue weighted by atomic mass is 9.94. The standard InChI is InChI=1S/C19H18Br2O3/c1-3-23-11(2)24-19(22)10-18-16-8-12(20)4-6-14(16)15-7-5-13(21)9-17(15)18/h4-9,11,18H,3,10H2,1-2H3. The van der Waals surface area contributed by atoms with Crippen molar-refractivity contribution in [3.63, 3.8) is 0 Å². The Kier molecular flexibility index (Phi) is 5.42. The van der Waals surface area contributed by atoms with Gasteiger partial charge in [0.2, 0.25) is 0 Å². The van der Waals surface area contributed by atoms with Gasteiger partial charge in [-0.05, 0) is 60.4 Å². The Morgan fingerprint density at radius 1 is 1.08 bits per heavy atom. The van der Waals surface area contributed by atoms with Crippen LogP contribution < -0.4 is 0 Å². The second kappa shape index (κ2) is 7.38. The largest absolute Gasteiger partial charge is 0.436 e. The lowest BCUT2D eigenvalue weighted by Crippen LogP contribution is -2.19. The molecular formula is C19H18Br2O3. The fraction of sp³-hybridized carbons (Fsp3) is 0.316. The van der Waals surface area contributed by atoms with Crippen molar-refractivity contribution in [2.75, 3.05) is 6.61 Å². The summed E-state index contributed by atoms with van der Waals surface area (Å²) in [5.41, 5.74) is 4.66. The van der Waals surface area contributed by atoms with Crippen LogP contribution in [0.1, 0.15) is 37.3 Å². The molecule has 1 aliphatic carbocycles. The minimum absolute atomic E-state index is 0.00803. The van der Waals surface area contributed by atoms with E-state index in [4.69, 9.17) is 9.47 Å². The van der Waals surface area contributed by atoms with E-state index in [1.54, 1.807) is 6.92 Å². The summed E-state index contributed by atoms with van der Waals surface area (Å²) in [6.45, 7) is 4.14. The van der Waals surface area contributed by atoms with Crippen molar-refractivity contribution < 1.29 is 14.3 Å². The van der Waals surface area contributed by atoms with Crippen LogP contribution in [0.5, 0.6) is 0 Å². The maximum absolute atomic E-state index is 12.3. The zero-order valence-corrected chi connectivity index (χ0v) is 16.7. The molecule has 0 bridgehead atoms. The van der Waals surface area contributed by atoms with E-state index in [-0.39, 0.29) is 11.9 Å². The Bertz CT molecular complexity index is 722. The van der Waals surface area contributed by atoms with Crippen molar-refractivity contribution in [1.29, 1.82) is 0 Å². The van der Waals surface area contributed by atoms with E-state index in [0.29, 0.717) is 13.0 Å². The van der Waals surface area contributed by atoms with Gasteiger partial charge in [0.25, 0.3) is 0 Å². The second-order valence-electron chi connectivity index (χ2n) is 5.73. The van der Waals surface area contributed by atoms with Gasteiger partial charge >= 0.3 is 5.97 Å². The SMILES string of the molecule is CCOC(C)OC(=O)CC1c2cc(Br)ccc2-c2ccc(Br)cc21. The first kappa shape index (κ1) is 17.6. The molecule has 1 atom stereocenters. The number of carbonyl (C=O) groups excluding carboxylic acids is 1. The van der Waals surface area contributed by atoms with Crippen LogP contribution in [0, 0.1) is 0 Å². The Hall–Kier alpha value is -1.17. The lowest BCUT2D eigenvalue weighted by Gasteiger charge is -2.17. The maximum Gasteiger partial charge on any atom is 0.309 e. The van der Waals surface area contributed by atoms with Gasteiger partial charge in [0.1, 0.15) is 0 Å². The molecule has 0 saturated carbocycles. The number of rotatable bonds is 5. The summed E-state index contributed by atoms with van der Waals surface area (Å²) in [4.78, 5) is 12.3. The van der Waals surface area contributed by atoms with E-state index in [9.17, 15) is 4.79 Å².